The summed E-state index contributed by atoms with van der Waals surface area (Å²) >= 11 is 0. The van der Waals surface area contributed by atoms with E-state index in [0.29, 0.717) is 13.0 Å². The molecule has 0 atom stereocenters. The number of carbonyl (C=O) groups excluding carboxylic acids is 1. The number of hydrogen-bond acceptors (Lipinski definition) is 2. The Kier molecular flexibility index (Phi) is 8.50. The molecular formula is C37H42O2. The van der Waals surface area contributed by atoms with E-state index in [-0.39, 0.29) is 11.4 Å². The van der Waals surface area contributed by atoms with Crippen LogP contribution in [-0.4, -0.2) is 5.97 Å². The predicted molar refractivity (Wildman–Crippen MR) is 166 cm³/mol. The van der Waals surface area contributed by atoms with Gasteiger partial charge in [-0.25, -0.2) is 0 Å². The van der Waals surface area contributed by atoms with Crippen LogP contribution < -0.4 is 0 Å². The van der Waals surface area contributed by atoms with E-state index in [0.717, 1.165) is 24.8 Å². The van der Waals surface area contributed by atoms with Gasteiger partial charge in [-0.15, -0.1) is 0 Å². The van der Waals surface area contributed by atoms with Gasteiger partial charge in [0, 0.05) is 6.42 Å². The molecular weight excluding hydrogens is 476 g/mol. The molecule has 0 aliphatic heterocycles. The van der Waals surface area contributed by atoms with Crippen molar-refractivity contribution in [1.82, 2.24) is 0 Å². The van der Waals surface area contributed by atoms with Crippen molar-refractivity contribution in [3.05, 3.63) is 95.6 Å². The molecule has 39 heavy (non-hydrogen) atoms. The van der Waals surface area contributed by atoms with Gasteiger partial charge in [0.2, 0.25) is 0 Å². The van der Waals surface area contributed by atoms with E-state index in [4.69, 9.17) is 4.74 Å². The molecule has 5 aromatic carbocycles. The number of hydrogen-bond donors (Lipinski definition) is 0. The Labute approximate surface area is 233 Å². The Morgan fingerprint density at radius 1 is 0.641 bits per heavy atom. The second-order valence-electron chi connectivity index (χ2n) is 12.2. The van der Waals surface area contributed by atoms with Gasteiger partial charge < -0.3 is 4.74 Å². The van der Waals surface area contributed by atoms with Gasteiger partial charge in [0.1, 0.15) is 6.61 Å². The highest BCUT2D eigenvalue weighted by molar-refractivity contribution is 6.23. The van der Waals surface area contributed by atoms with E-state index in [1.165, 1.54) is 75.5 Å². The van der Waals surface area contributed by atoms with Gasteiger partial charge >= 0.3 is 5.97 Å². The smallest absolute Gasteiger partial charge is 0.306 e. The summed E-state index contributed by atoms with van der Waals surface area (Å²) in [7, 11) is 0. The van der Waals surface area contributed by atoms with Crippen LogP contribution in [0.15, 0.2) is 78.9 Å². The van der Waals surface area contributed by atoms with Gasteiger partial charge in [-0.2, -0.15) is 0 Å². The zero-order valence-corrected chi connectivity index (χ0v) is 23.9. The van der Waals surface area contributed by atoms with Gasteiger partial charge in [0.05, 0.1) is 0 Å². The van der Waals surface area contributed by atoms with Crippen molar-refractivity contribution in [3.63, 3.8) is 0 Å². The summed E-state index contributed by atoms with van der Waals surface area (Å²) in [6.45, 7) is 6.99. The van der Waals surface area contributed by atoms with Gasteiger partial charge in [-0.3, -0.25) is 4.79 Å². The van der Waals surface area contributed by atoms with Crippen LogP contribution in [0.4, 0.5) is 0 Å². The predicted octanol–water partition coefficient (Wildman–Crippen LogP) is 10.3. The quantitative estimate of drug-likeness (QED) is 0.0933. The molecule has 0 radical (unpaired) electrons. The minimum atomic E-state index is -0.0804. The highest BCUT2D eigenvalue weighted by atomic mass is 16.5. The molecule has 0 N–H and O–H groups in total. The average molecular weight is 519 g/mol. The maximum atomic E-state index is 12.1. The lowest BCUT2D eigenvalue weighted by Crippen LogP contribution is -2.11. The first kappa shape index (κ1) is 27.2. The second kappa shape index (κ2) is 12.2. The van der Waals surface area contributed by atoms with E-state index >= 15 is 0 Å². The van der Waals surface area contributed by atoms with Crippen molar-refractivity contribution in [1.29, 1.82) is 0 Å². The summed E-state index contributed by atoms with van der Waals surface area (Å²) in [5.41, 5.74) is 3.97. The number of rotatable bonds is 12. The lowest BCUT2D eigenvalue weighted by molar-refractivity contribution is -0.145. The summed E-state index contributed by atoms with van der Waals surface area (Å²) in [5.74, 6) is -0.0804. The largest absolute Gasteiger partial charge is 0.461 e. The first-order valence-corrected chi connectivity index (χ1v) is 14.8. The molecule has 0 amide bonds. The second-order valence-corrected chi connectivity index (χ2v) is 12.2. The molecule has 0 saturated carbocycles. The molecule has 0 aliphatic rings. The molecule has 202 valence electrons. The monoisotopic (exact) mass is 518 g/mol. The van der Waals surface area contributed by atoms with Gasteiger partial charge in [0.15, 0.2) is 0 Å². The van der Waals surface area contributed by atoms with E-state index in [1.54, 1.807) is 0 Å². The van der Waals surface area contributed by atoms with E-state index in [9.17, 15) is 4.79 Å². The first-order valence-electron chi connectivity index (χ1n) is 14.8. The average Bonchev–Trinajstić information content (AvgIpc) is 2.94. The molecule has 0 unspecified atom stereocenters. The maximum Gasteiger partial charge on any atom is 0.306 e. The number of esters is 1. The first-order chi connectivity index (χ1) is 18.9. The van der Waals surface area contributed by atoms with Crippen molar-refractivity contribution >= 4 is 38.3 Å². The molecule has 0 saturated heterocycles. The van der Waals surface area contributed by atoms with Crippen molar-refractivity contribution in [2.75, 3.05) is 0 Å². The Hall–Kier alpha value is -3.39. The molecule has 0 aliphatic carbocycles. The van der Waals surface area contributed by atoms with Crippen molar-refractivity contribution in [2.24, 2.45) is 0 Å². The van der Waals surface area contributed by atoms with Crippen LogP contribution in [0.1, 0.15) is 88.8 Å². The molecule has 0 spiro atoms. The molecule has 0 aromatic heterocycles. The third-order valence-electron chi connectivity index (χ3n) is 8.17. The SMILES string of the molecule is CC(C)(C)c1ccc(COC(=O)CCCCCCCCCc2ccc3ccc4cccc5ccc2c3c45)cc1. The number of ether oxygens (including phenoxy) is 1. The van der Waals surface area contributed by atoms with Crippen LogP contribution in [0, 0.1) is 0 Å². The third kappa shape index (κ3) is 6.61. The molecule has 2 heteroatoms. The summed E-state index contributed by atoms with van der Waals surface area (Å²) in [6.07, 6.45) is 9.88. The molecule has 0 bridgehead atoms. The Morgan fingerprint density at radius 3 is 1.92 bits per heavy atom. The van der Waals surface area contributed by atoms with E-state index in [1.807, 2.05) is 0 Å². The summed E-state index contributed by atoms with van der Waals surface area (Å²) in [5, 5.41) is 8.28. The maximum absolute atomic E-state index is 12.1. The van der Waals surface area contributed by atoms with Crippen LogP contribution >= 0.6 is 0 Å². The molecule has 5 rings (SSSR count). The Morgan fingerprint density at radius 2 is 1.23 bits per heavy atom. The minimum Gasteiger partial charge on any atom is -0.461 e. The lowest BCUT2D eigenvalue weighted by atomic mass is 9.87. The fraction of sp³-hybridized carbons (Fsp3) is 0.378. The zero-order valence-electron chi connectivity index (χ0n) is 23.9. The highest BCUT2D eigenvalue weighted by Crippen LogP contribution is 2.36. The normalized spacial score (nSPS) is 12.1. The topological polar surface area (TPSA) is 26.3 Å². The van der Waals surface area contributed by atoms with Crippen molar-refractivity contribution in [2.45, 2.75) is 90.6 Å². The zero-order chi connectivity index (χ0) is 27.2. The van der Waals surface area contributed by atoms with Crippen LogP contribution in [0.3, 0.4) is 0 Å². The Bertz CT molecular complexity index is 1510. The lowest BCUT2D eigenvalue weighted by Gasteiger charge is -2.19. The third-order valence-corrected chi connectivity index (χ3v) is 8.17. The standard InChI is InChI=1S/C37H42O2/c1-37(2,3)32-23-16-27(17-24-32)26-39-34(38)15-10-8-6-4-5-7-9-12-28-18-19-31-21-20-29-13-11-14-30-22-25-33(28)36(31)35(29)30/h11,13-14,16-25H,4-10,12,15,26H2,1-3H3. The van der Waals surface area contributed by atoms with Crippen LogP contribution in [0.5, 0.6) is 0 Å². The molecule has 2 nitrogen and oxygen atoms in total. The van der Waals surface area contributed by atoms with Crippen LogP contribution in [0.25, 0.3) is 32.3 Å². The minimum absolute atomic E-state index is 0.0804. The molecule has 0 heterocycles. The summed E-state index contributed by atoms with van der Waals surface area (Å²) < 4.78 is 5.48. The number of aryl methyl sites for hydroxylation is 1. The fourth-order valence-corrected chi connectivity index (χ4v) is 5.82. The fourth-order valence-electron chi connectivity index (χ4n) is 5.82. The van der Waals surface area contributed by atoms with Crippen LogP contribution in [-0.2, 0) is 28.0 Å². The van der Waals surface area contributed by atoms with Gasteiger partial charge in [-0.05, 0) is 73.7 Å². The number of carbonyl (C=O) groups is 1. The Balaban J connectivity index is 0.977. The number of unbranched alkanes of at least 4 members (excludes halogenated alkanes) is 6. The van der Waals surface area contributed by atoms with Gasteiger partial charge in [0.25, 0.3) is 0 Å². The van der Waals surface area contributed by atoms with E-state index in [2.05, 4.69) is 99.6 Å². The van der Waals surface area contributed by atoms with Gasteiger partial charge in [-0.1, -0.05) is 132 Å². The van der Waals surface area contributed by atoms with Crippen molar-refractivity contribution < 1.29 is 9.53 Å². The summed E-state index contributed by atoms with van der Waals surface area (Å²) in [4.78, 5) is 12.1. The summed E-state index contributed by atoms with van der Waals surface area (Å²) in [6, 6.07) is 28.8. The van der Waals surface area contributed by atoms with Crippen molar-refractivity contribution in [3.8, 4) is 0 Å². The van der Waals surface area contributed by atoms with Crippen LogP contribution in [0.2, 0.25) is 0 Å². The molecule has 0 fully saturated rings. The number of benzene rings is 5. The van der Waals surface area contributed by atoms with E-state index < -0.39 is 0 Å². The highest BCUT2D eigenvalue weighted by Gasteiger charge is 2.13. The molecule has 5 aromatic rings.